The van der Waals surface area contributed by atoms with Crippen LogP contribution < -0.4 is 0 Å². The van der Waals surface area contributed by atoms with Crippen molar-refractivity contribution >= 4 is 63.0 Å². The lowest BCUT2D eigenvalue weighted by atomic mass is 9.84. The average Bonchev–Trinajstić information content (AvgIpc) is 3.93. The minimum Gasteiger partial charge on any atom is -0.228 e. The molecule has 0 bridgehead atoms. The Morgan fingerprint density at radius 3 is 1.24 bits per heavy atom. The van der Waals surface area contributed by atoms with Crippen LogP contribution in [0, 0.1) is 0 Å². The van der Waals surface area contributed by atoms with Crippen LogP contribution in [0.25, 0.3) is 119 Å². The van der Waals surface area contributed by atoms with E-state index in [0.29, 0.717) is 5.82 Å². The summed E-state index contributed by atoms with van der Waals surface area (Å²) in [6, 6.07) is 78.6. The maximum absolute atomic E-state index is 5.63. The SMILES string of the molecule is c1ccc(-c2ccc(-c3c(-c4nc(-c5cccc6c5sc5ccccc56)cc(-c5cccc6c5sc5ccccc56)n4)ccc(-c4ccccc4)c3-c3ccccc3)cc2)cc1. The fraction of sp³-hybridized carbons (Fsp3) is 0. The Balaban J connectivity index is 1.17. The number of nitrogens with zero attached hydrogens (tertiary/aromatic N) is 2. The molecule has 2 nitrogen and oxygen atoms in total. The highest BCUT2D eigenvalue weighted by Crippen LogP contribution is 2.48. The van der Waals surface area contributed by atoms with Crippen LogP contribution in [0.3, 0.4) is 0 Å². The molecule has 12 aromatic rings. The maximum atomic E-state index is 5.63. The first-order valence-electron chi connectivity index (χ1n) is 20.9. The molecular formula is C58H36N2S2. The van der Waals surface area contributed by atoms with Gasteiger partial charge in [0.1, 0.15) is 0 Å². The van der Waals surface area contributed by atoms with E-state index in [1.54, 1.807) is 0 Å². The number of aromatic nitrogens is 2. The summed E-state index contributed by atoms with van der Waals surface area (Å²) in [7, 11) is 0. The van der Waals surface area contributed by atoms with E-state index in [4.69, 9.17) is 9.97 Å². The summed E-state index contributed by atoms with van der Waals surface area (Å²) in [5.41, 5.74) is 14.1. The topological polar surface area (TPSA) is 25.8 Å². The molecule has 0 saturated heterocycles. The highest BCUT2D eigenvalue weighted by atomic mass is 32.1. The molecule has 62 heavy (non-hydrogen) atoms. The summed E-state index contributed by atoms with van der Waals surface area (Å²) in [5, 5.41) is 5.02. The highest BCUT2D eigenvalue weighted by molar-refractivity contribution is 7.26. The second kappa shape index (κ2) is 15.2. The number of hydrogen-bond acceptors (Lipinski definition) is 4. The normalized spacial score (nSPS) is 11.5. The Morgan fingerprint density at radius 2 is 0.677 bits per heavy atom. The molecule has 0 amide bonds. The maximum Gasteiger partial charge on any atom is 0.161 e. The molecule has 290 valence electrons. The fourth-order valence-electron chi connectivity index (χ4n) is 9.05. The smallest absolute Gasteiger partial charge is 0.161 e. The first kappa shape index (κ1) is 36.4. The molecule has 0 aliphatic rings. The van der Waals surface area contributed by atoms with Gasteiger partial charge in [0.05, 0.1) is 11.4 Å². The molecule has 0 saturated carbocycles. The molecule has 0 aliphatic carbocycles. The van der Waals surface area contributed by atoms with Crippen molar-refractivity contribution in [1.29, 1.82) is 0 Å². The summed E-state index contributed by atoms with van der Waals surface area (Å²) in [6.45, 7) is 0. The van der Waals surface area contributed by atoms with Crippen LogP contribution in [-0.4, -0.2) is 9.97 Å². The quantitative estimate of drug-likeness (QED) is 0.160. The minimum absolute atomic E-state index is 0.688. The summed E-state index contributed by atoms with van der Waals surface area (Å²) in [4.78, 5) is 11.3. The second-order valence-corrected chi connectivity index (χ2v) is 17.7. The summed E-state index contributed by atoms with van der Waals surface area (Å²) in [5.74, 6) is 0.688. The molecule has 0 atom stereocenters. The zero-order chi connectivity index (χ0) is 41.0. The number of thiophene rings is 2. The van der Waals surface area contributed by atoms with Crippen LogP contribution in [0.15, 0.2) is 218 Å². The Morgan fingerprint density at radius 1 is 0.274 bits per heavy atom. The lowest BCUT2D eigenvalue weighted by Crippen LogP contribution is -2.00. The summed E-state index contributed by atoms with van der Waals surface area (Å²) >= 11 is 3.66. The number of benzene rings is 9. The third-order valence-corrected chi connectivity index (χ3v) is 14.4. The highest BCUT2D eigenvalue weighted by Gasteiger charge is 2.23. The molecule has 0 unspecified atom stereocenters. The van der Waals surface area contributed by atoms with E-state index in [9.17, 15) is 0 Å². The second-order valence-electron chi connectivity index (χ2n) is 15.6. The fourth-order valence-corrected chi connectivity index (χ4v) is 11.5. The molecule has 0 radical (unpaired) electrons. The van der Waals surface area contributed by atoms with Crippen molar-refractivity contribution in [3.63, 3.8) is 0 Å². The molecule has 3 aromatic heterocycles. The van der Waals surface area contributed by atoms with Gasteiger partial charge in [0, 0.05) is 62.6 Å². The minimum atomic E-state index is 0.688. The van der Waals surface area contributed by atoms with E-state index in [1.165, 1.54) is 51.5 Å². The van der Waals surface area contributed by atoms with E-state index < -0.39 is 0 Å². The lowest BCUT2D eigenvalue weighted by Gasteiger charge is -2.21. The Labute approximate surface area is 367 Å². The van der Waals surface area contributed by atoms with Crippen LogP contribution in [0.1, 0.15) is 0 Å². The van der Waals surface area contributed by atoms with Crippen LogP contribution in [0.4, 0.5) is 0 Å². The number of rotatable bonds is 7. The van der Waals surface area contributed by atoms with E-state index >= 15 is 0 Å². The molecule has 0 aliphatic heterocycles. The molecule has 4 heteroatoms. The molecule has 12 rings (SSSR count). The summed E-state index contributed by atoms with van der Waals surface area (Å²) in [6.07, 6.45) is 0. The van der Waals surface area contributed by atoms with Gasteiger partial charge in [-0.15, -0.1) is 22.7 Å². The van der Waals surface area contributed by atoms with Crippen molar-refractivity contribution in [2.45, 2.75) is 0 Å². The van der Waals surface area contributed by atoms with E-state index in [1.807, 2.05) is 22.7 Å². The third kappa shape index (κ3) is 6.23. The standard InChI is InChI=1S/C58H36N2S2/c1-4-16-37(17-5-1)38-30-32-41(33-31-38)55-49(35-34-42(39-18-6-2-7-19-39)54(55)40-20-8-3-9-21-40)58-59-50(47-26-14-24-45-43-22-10-12-28-52(43)61-56(45)47)36-51(60-58)48-27-15-25-46-44-23-11-13-29-53(44)62-57(46)48/h1-36H. The predicted octanol–water partition coefficient (Wildman–Crippen LogP) is 16.9. The Hall–Kier alpha value is -7.50. The van der Waals surface area contributed by atoms with Crippen molar-refractivity contribution in [2.24, 2.45) is 0 Å². The largest absolute Gasteiger partial charge is 0.228 e. The van der Waals surface area contributed by atoms with Crippen molar-refractivity contribution in [1.82, 2.24) is 9.97 Å². The zero-order valence-corrected chi connectivity index (χ0v) is 35.1. The van der Waals surface area contributed by atoms with Gasteiger partial charge in [0.25, 0.3) is 0 Å². The van der Waals surface area contributed by atoms with Gasteiger partial charge in [-0.1, -0.05) is 194 Å². The third-order valence-electron chi connectivity index (χ3n) is 12.0. The number of fused-ring (bicyclic) bond motifs is 6. The first-order valence-corrected chi connectivity index (χ1v) is 22.5. The van der Waals surface area contributed by atoms with Gasteiger partial charge in [-0.2, -0.15) is 0 Å². The monoisotopic (exact) mass is 824 g/mol. The molecule has 0 fully saturated rings. The predicted molar refractivity (Wildman–Crippen MR) is 266 cm³/mol. The van der Waals surface area contributed by atoms with Gasteiger partial charge in [-0.25, -0.2) is 9.97 Å². The Bertz CT molecular complexity index is 3480. The Kier molecular flexibility index (Phi) is 8.91. The van der Waals surface area contributed by atoms with Gasteiger partial charge in [-0.05, 0) is 63.2 Å². The van der Waals surface area contributed by atoms with E-state index in [0.717, 1.165) is 61.5 Å². The number of hydrogen-bond donors (Lipinski definition) is 0. The van der Waals surface area contributed by atoms with E-state index in [-0.39, 0.29) is 0 Å². The van der Waals surface area contributed by atoms with Crippen LogP contribution in [-0.2, 0) is 0 Å². The van der Waals surface area contributed by atoms with Crippen molar-refractivity contribution in [3.8, 4) is 78.4 Å². The van der Waals surface area contributed by atoms with E-state index in [2.05, 4.69) is 218 Å². The molecule has 0 N–H and O–H groups in total. The molecule has 0 spiro atoms. The molecule has 9 aromatic carbocycles. The van der Waals surface area contributed by atoms with Crippen LogP contribution in [0.2, 0.25) is 0 Å². The first-order chi connectivity index (χ1) is 30.7. The van der Waals surface area contributed by atoms with Crippen molar-refractivity contribution < 1.29 is 0 Å². The van der Waals surface area contributed by atoms with Gasteiger partial charge in [0.15, 0.2) is 5.82 Å². The van der Waals surface area contributed by atoms with Gasteiger partial charge in [0.2, 0.25) is 0 Å². The van der Waals surface area contributed by atoms with Crippen molar-refractivity contribution in [3.05, 3.63) is 218 Å². The van der Waals surface area contributed by atoms with Gasteiger partial charge < -0.3 is 0 Å². The van der Waals surface area contributed by atoms with Gasteiger partial charge >= 0.3 is 0 Å². The zero-order valence-electron chi connectivity index (χ0n) is 33.5. The molecular weight excluding hydrogens is 789 g/mol. The summed E-state index contributed by atoms with van der Waals surface area (Å²) < 4.78 is 4.99. The average molecular weight is 825 g/mol. The van der Waals surface area contributed by atoms with Crippen LogP contribution >= 0.6 is 22.7 Å². The van der Waals surface area contributed by atoms with Crippen LogP contribution in [0.5, 0.6) is 0 Å². The lowest BCUT2D eigenvalue weighted by molar-refractivity contribution is 1.19. The van der Waals surface area contributed by atoms with Crippen molar-refractivity contribution in [2.75, 3.05) is 0 Å². The molecule has 3 heterocycles. The van der Waals surface area contributed by atoms with Gasteiger partial charge in [-0.3, -0.25) is 0 Å².